The monoisotopic (exact) mass is 619 g/mol. The molecule has 5 rings (SSSR count). The SMILES string of the molecule is C[c-]1cccc1.Cc1cc(O)c(-c2ccccc2)c([Si](C)(C)C)c1.[Cl-].[Cl-].[Ti+2]=[C](c1ccccc1)c1ccccc1. The third-order valence-corrected chi connectivity index (χ3v) is 9.00. The molecule has 5 aromatic rings. The topological polar surface area (TPSA) is 20.2 Å². The fraction of sp³-hybridized carbons (Fsp3) is 0.143. The molecule has 0 atom stereocenters. The van der Waals surface area contributed by atoms with Gasteiger partial charge in [0.15, 0.2) is 0 Å². The molecule has 0 saturated heterocycles. The minimum absolute atomic E-state index is 0. The molecule has 0 bridgehead atoms. The summed E-state index contributed by atoms with van der Waals surface area (Å²) in [5, 5.41) is 11.6. The molecular weight excluding hydrogens is 583 g/mol. The van der Waals surface area contributed by atoms with Crippen molar-refractivity contribution in [3.05, 3.63) is 150 Å². The van der Waals surface area contributed by atoms with E-state index in [0.29, 0.717) is 5.75 Å². The van der Waals surface area contributed by atoms with Crippen molar-refractivity contribution >= 4 is 17.1 Å². The molecule has 5 heteroatoms. The van der Waals surface area contributed by atoms with Crippen LogP contribution in [0, 0.1) is 13.8 Å². The van der Waals surface area contributed by atoms with Crippen LogP contribution in [0.5, 0.6) is 5.75 Å². The van der Waals surface area contributed by atoms with Gasteiger partial charge in [0.2, 0.25) is 0 Å². The molecule has 1 nitrogen and oxygen atoms in total. The van der Waals surface area contributed by atoms with Gasteiger partial charge in [0.1, 0.15) is 5.75 Å². The van der Waals surface area contributed by atoms with Gasteiger partial charge >= 0.3 is 95.6 Å². The van der Waals surface area contributed by atoms with Crippen molar-refractivity contribution in [2.24, 2.45) is 0 Å². The van der Waals surface area contributed by atoms with Crippen LogP contribution in [0.4, 0.5) is 0 Å². The molecule has 5 aromatic carbocycles. The summed E-state index contributed by atoms with van der Waals surface area (Å²) >= 11 is 2.16. The van der Waals surface area contributed by atoms with Crippen LogP contribution in [0.2, 0.25) is 19.6 Å². The molecule has 1 N–H and O–H groups in total. The van der Waals surface area contributed by atoms with Gasteiger partial charge in [-0.05, 0) is 29.3 Å². The van der Waals surface area contributed by atoms with Crippen molar-refractivity contribution < 1.29 is 49.9 Å². The first-order valence-corrected chi connectivity index (χ1v) is 17.2. The van der Waals surface area contributed by atoms with E-state index in [1.54, 1.807) is 0 Å². The molecule has 0 aromatic heterocycles. The summed E-state index contributed by atoms with van der Waals surface area (Å²) in [6.45, 7) is 11.1. The fourth-order valence-corrected chi connectivity index (χ4v) is 6.32. The first-order chi connectivity index (χ1) is 18.2. The van der Waals surface area contributed by atoms with E-state index in [4.69, 9.17) is 0 Å². The van der Waals surface area contributed by atoms with Gasteiger partial charge in [-0.15, -0.1) is 0 Å². The first-order valence-electron chi connectivity index (χ1n) is 12.9. The second-order valence-electron chi connectivity index (χ2n) is 10.4. The van der Waals surface area contributed by atoms with E-state index in [9.17, 15) is 5.11 Å². The van der Waals surface area contributed by atoms with Gasteiger partial charge < -0.3 is 29.9 Å². The molecule has 0 aliphatic heterocycles. The molecule has 0 heterocycles. The van der Waals surface area contributed by atoms with Gasteiger partial charge in [-0.25, -0.2) is 12.1 Å². The van der Waals surface area contributed by atoms with Gasteiger partial charge in [0, 0.05) is 5.56 Å². The molecule has 0 fully saturated rings. The van der Waals surface area contributed by atoms with Crippen LogP contribution < -0.4 is 30.0 Å². The Kier molecular flexibility index (Phi) is 15.3. The zero-order valence-corrected chi connectivity index (χ0v) is 27.9. The summed E-state index contributed by atoms with van der Waals surface area (Å²) in [5.41, 5.74) is 7.17. The molecule has 0 saturated carbocycles. The molecular formula is C35H37Cl2OSiTi-. The van der Waals surface area contributed by atoms with Crippen LogP contribution in [0.15, 0.2) is 127 Å². The van der Waals surface area contributed by atoms with E-state index in [-0.39, 0.29) is 24.8 Å². The number of halogens is 2. The Morgan fingerprint density at radius 2 is 1.10 bits per heavy atom. The molecule has 0 radical (unpaired) electrons. The van der Waals surface area contributed by atoms with Crippen LogP contribution >= 0.6 is 0 Å². The molecule has 0 aliphatic rings. The maximum absolute atomic E-state index is 10.3. The summed E-state index contributed by atoms with van der Waals surface area (Å²) in [7, 11) is -1.48. The van der Waals surface area contributed by atoms with Crippen molar-refractivity contribution in [1.82, 2.24) is 0 Å². The summed E-state index contributed by atoms with van der Waals surface area (Å²) in [4.78, 5) is 0. The Balaban J connectivity index is 0.000000323. The molecule has 206 valence electrons. The standard InChI is InChI=1S/C16H20OSi.C13H10.C6H7.2ClH.Ti/c1-12-10-14(17)16(13-8-6-5-7-9-13)15(11-12)18(2,3)4;1-3-7-12(8-4-1)11-13-9-5-2-6-10-13;1-6-4-2-3-5-6;;;/h5-11,17H,1-4H3;1-10H;2-5H,1H3;2*1H;/q;;-1;;;+2/p-2. The van der Waals surface area contributed by atoms with Gasteiger partial charge in [-0.3, -0.25) is 0 Å². The number of aromatic hydroxyl groups is 1. The van der Waals surface area contributed by atoms with Crippen molar-refractivity contribution in [2.75, 3.05) is 0 Å². The van der Waals surface area contributed by atoms with E-state index >= 15 is 0 Å². The van der Waals surface area contributed by atoms with Crippen molar-refractivity contribution in [3.8, 4) is 16.9 Å². The van der Waals surface area contributed by atoms with E-state index < -0.39 is 8.07 Å². The number of rotatable bonds is 4. The van der Waals surface area contributed by atoms with Crippen molar-refractivity contribution in [1.29, 1.82) is 0 Å². The predicted octanol–water partition coefficient (Wildman–Crippen LogP) is 2.44. The number of phenolic OH excluding ortho intramolecular Hbond substituents is 1. The minimum atomic E-state index is -1.48. The maximum atomic E-state index is 10.3. The zero-order chi connectivity index (χ0) is 27.5. The summed E-state index contributed by atoms with van der Waals surface area (Å²) in [6, 6.07) is 43.4. The summed E-state index contributed by atoms with van der Waals surface area (Å²) < 4.78 is 1.33. The second kappa shape index (κ2) is 17.3. The Labute approximate surface area is 265 Å². The third-order valence-electron chi connectivity index (χ3n) is 6.09. The van der Waals surface area contributed by atoms with E-state index in [1.165, 1.54) is 25.7 Å². The quantitative estimate of drug-likeness (QED) is 0.242. The Hall–Kier alpha value is -2.59. The molecule has 0 amide bonds. The zero-order valence-electron chi connectivity index (χ0n) is 23.8. The Morgan fingerprint density at radius 3 is 1.48 bits per heavy atom. The van der Waals surface area contributed by atoms with E-state index in [1.807, 2.05) is 55.5 Å². The Morgan fingerprint density at radius 1 is 0.675 bits per heavy atom. The van der Waals surface area contributed by atoms with Gasteiger partial charge in [0.25, 0.3) is 0 Å². The number of benzene rings is 4. The van der Waals surface area contributed by atoms with Crippen LogP contribution in [0.3, 0.4) is 0 Å². The fourth-order valence-electron chi connectivity index (χ4n) is 4.11. The van der Waals surface area contributed by atoms with Crippen LogP contribution in [0.1, 0.15) is 22.3 Å². The molecule has 40 heavy (non-hydrogen) atoms. The van der Waals surface area contributed by atoms with Crippen LogP contribution in [-0.2, 0) is 20.0 Å². The average Bonchev–Trinajstić information content (AvgIpc) is 3.40. The summed E-state index contributed by atoms with van der Waals surface area (Å²) in [6.07, 6.45) is 0. The first kappa shape index (κ1) is 35.4. The molecule has 0 spiro atoms. The number of aryl methyl sites for hydroxylation is 2. The van der Waals surface area contributed by atoms with Crippen LogP contribution in [0.25, 0.3) is 11.1 Å². The van der Waals surface area contributed by atoms with E-state index in [0.717, 1.165) is 16.7 Å². The second-order valence-corrected chi connectivity index (χ2v) is 16.2. The number of hydrogen-bond acceptors (Lipinski definition) is 1. The average molecular weight is 621 g/mol. The van der Waals surface area contributed by atoms with Gasteiger partial charge in [-0.2, -0.15) is 17.7 Å². The third kappa shape index (κ3) is 10.8. The van der Waals surface area contributed by atoms with Gasteiger partial charge in [0.05, 0.1) is 8.07 Å². The number of phenols is 1. The molecule has 0 aliphatic carbocycles. The van der Waals surface area contributed by atoms with Crippen molar-refractivity contribution in [3.63, 3.8) is 0 Å². The van der Waals surface area contributed by atoms with Crippen molar-refractivity contribution in [2.45, 2.75) is 33.5 Å². The normalized spacial score (nSPS) is 9.97. The summed E-state index contributed by atoms with van der Waals surface area (Å²) in [5.74, 6) is 0.402. The van der Waals surface area contributed by atoms with Gasteiger partial charge in [-0.1, -0.05) is 63.0 Å². The predicted molar refractivity (Wildman–Crippen MR) is 164 cm³/mol. The Bertz CT molecular complexity index is 1370. The molecule has 0 unspecified atom stereocenters. The van der Waals surface area contributed by atoms with Crippen LogP contribution in [-0.4, -0.2) is 17.0 Å². The van der Waals surface area contributed by atoms with E-state index in [2.05, 4.69) is 125 Å². The number of hydrogen-bond donors (Lipinski definition) is 1.